The van der Waals surface area contributed by atoms with Crippen LogP contribution in [0.5, 0.6) is 0 Å². The third-order valence-corrected chi connectivity index (χ3v) is 6.12. The van der Waals surface area contributed by atoms with Crippen molar-refractivity contribution in [2.24, 2.45) is 0 Å². The molecular weight excluding hydrogens is 264 g/mol. The normalized spacial score (nSPS) is 23.2. The van der Waals surface area contributed by atoms with Crippen LogP contribution in [-0.2, 0) is 13.0 Å². The molecule has 1 aliphatic heterocycles. The minimum absolute atomic E-state index is 0.906. The van der Waals surface area contributed by atoms with E-state index in [1.165, 1.54) is 76.1 Å². The maximum Gasteiger partial charge on any atom is 0.0328 e. The van der Waals surface area contributed by atoms with Crippen LogP contribution >= 0.6 is 11.3 Å². The summed E-state index contributed by atoms with van der Waals surface area (Å²) in [5.74, 6) is 0. The highest BCUT2D eigenvalue weighted by Gasteiger charge is 2.24. The van der Waals surface area contributed by atoms with Crippen LogP contribution in [0, 0.1) is 0 Å². The summed E-state index contributed by atoms with van der Waals surface area (Å²) in [5.41, 5.74) is 0. The zero-order chi connectivity index (χ0) is 13.8. The first-order valence-electron chi connectivity index (χ1n) is 8.39. The molecule has 1 saturated carbocycles. The molecule has 0 bridgehead atoms. The van der Waals surface area contributed by atoms with Crippen molar-refractivity contribution in [2.75, 3.05) is 26.2 Å². The minimum atomic E-state index is 0.906. The largest absolute Gasteiger partial charge is 0.299 e. The Kier molecular flexibility index (Phi) is 5.14. The van der Waals surface area contributed by atoms with Gasteiger partial charge in [0.25, 0.3) is 0 Å². The van der Waals surface area contributed by atoms with Gasteiger partial charge in [-0.3, -0.25) is 9.80 Å². The van der Waals surface area contributed by atoms with Crippen molar-refractivity contribution in [3.05, 3.63) is 21.9 Å². The first kappa shape index (κ1) is 14.6. The molecule has 1 aromatic rings. The summed E-state index contributed by atoms with van der Waals surface area (Å²) in [6, 6.07) is 5.55. The maximum absolute atomic E-state index is 2.78. The Morgan fingerprint density at radius 2 is 1.80 bits per heavy atom. The molecule has 0 aromatic carbocycles. The highest BCUT2D eigenvalue weighted by atomic mass is 32.1. The molecule has 2 fully saturated rings. The van der Waals surface area contributed by atoms with Gasteiger partial charge in [0.2, 0.25) is 0 Å². The number of rotatable bonds is 4. The van der Waals surface area contributed by atoms with Crippen molar-refractivity contribution in [1.29, 1.82) is 0 Å². The second kappa shape index (κ2) is 7.06. The minimum Gasteiger partial charge on any atom is -0.299 e. The molecule has 3 heteroatoms. The Hall–Kier alpha value is -0.380. The molecule has 0 atom stereocenters. The molecule has 2 heterocycles. The zero-order valence-electron chi connectivity index (χ0n) is 12.8. The van der Waals surface area contributed by atoms with Crippen molar-refractivity contribution in [1.82, 2.24) is 9.80 Å². The summed E-state index contributed by atoms with van der Waals surface area (Å²) in [6.45, 7) is 8.57. The van der Waals surface area contributed by atoms with Gasteiger partial charge in [0.15, 0.2) is 0 Å². The second-order valence-corrected chi connectivity index (χ2v) is 7.58. The van der Waals surface area contributed by atoms with Crippen LogP contribution in [0.4, 0.5) is 0 Å². The van der Waals surface area contributed by atoms with Crippen LogP contribution in [0.25, 0.3) is 0 Å². The van der Waals surface area contributed by atoms with Crippen LogP contribution in [-0.4, -0.2) is 42.0 Å². The molecule has 3 rings (SSSR count). The molecule has 1 saturated heterocycles. The fourth-order valence-corrected chi connectivity index (χ4v) is 4.70. The maximum atomic E-state index is 2.78. The summed E-state index contributed by atoms with van der Waals surface area (Å²) < 4.78 is 0. The number of hydrogen-bond donors (Lipinski definition) is 0. The summed E-state index contributed by atoms with van der Waals surface area (Å²) in [4.78, 5) is 8.53. The predicted octanol–water partition coefficient (Wildman–Crippen LogP) is 3.76. The van der Waals surface area contributed by atoms with Gasteiger partial charge < -0.3 is 0 Å². The number of aryl methyl sites for hydroxylation is 1. The van der Waals surface area contributed by atoms with Crippen molar-refractivity contribution < 1.29 is 0 Å². The van der Waals surface area contributed by atoms with Crippen LogP contribution < -0.4 is 0 Å². The van der Waals surface area contributed by atoms with E-state index in [0.29, 0.717) is 0 Å². The molecule has 2 aliphatic rings. The first-order chi connectivity index (χ1) is 9.85. The quantitative estimate of drug-likeness (QED) is 0.833. The molecule has 0 N–H and O–H groups in total. The van der Waals surface area contributed by atoms with Gasteiger partial charge in [-0.1, -0.05) is 19.8 Å². The summed E-state index contributed by atoms with van der Waals surface area (Å²) >= 11 is 2.00. The van der Waals surface area contributed by atoms with Crippen molar-refractivity contribution in [2.45, 2.75) is 58.0 Å². The lowest BCUT2D eigenvalue weighted by molar-refractivity contribution is 0.198. The van der Waals surface area contributed by atoms with E-state index in [4.69, 9.17) is 0 Å². The lowest BCUT2D eigenvalue weighted by Gasteiger charge is -2.27. The highest BCUT2D eigenvalue weighted by Crippen LogP contribution is 2.25. The highest BCUT2D eigenvalue weighted by molar-refractivity contribution is 7.11. The van der Waals surface area contributed by atoms with Gasteiger partial charge in [0.05, 0.1) is 0 Å². The average Bonchev–Trinajstić information content (AvgIpc) is 3.09. The summed E-state index contributed by atoms with van der Waals surface area (Å²) in [6.07, 6.45) is 8.35. The zero-order valence-corrected chi connectivity index (χ0v) is 13.6. The molecule has 112 valence electrons. The van der Waals surface area contributed by atoms with Crippen molar-refractivity contribution in [3.8, 4) is 0 Å². The van der Waals surface area contributed by atoms with Gasteiger partial charge in [-0.15, -0.1) is 11.3 Å². The first-order valence-corrected chi connectivity index (χ1v) is 9.21. The standard InChI is InChI=1S/C17H28N2S/c1-2-16-8-9-17(20-16)14-18-10-5-11-19(13-12-18)15-6-3-4-7-15/h8-9,15H,2-7,10-14H2,1H3. The second-order valence-electron chi connectivity index (χ2n) is 6.33. The van der Waals surface area contributed by atoms with Crippen LogP contribution in [0.1, 0.15) is 48.8 Å². The van der Waals surface area contributed by atoms with Gasteiger partial charge in [0, 0.05) is 35.4 Å². The Bertz CT molecular complexity index is 409. The van der Waals surface area contributed by atoms with E-state index < -0.39 is 0 Å². The molecular formula is C17H28N2S. The third kappa shape index (κ3) is 3.63. The third-order valence-electron chi connectivity index (χ3n) is 4.91. The van der Waals surface area contributed by atoms with E-state index in [0.717, 1.165) is 6.04 Å². The monoisotopic (exact) mass is 292 g/mol. The lowest BCUT2D eigenvalue weighted by atomic mass is 10.2. The van der Waals surface area contributed by atoms with E-state index in [1.54, 1.807) is 4.88 Å². The van der Waals surface area contributed by atoms with Gasteiger partial charge in [-0.25, -0.2) is 0 Å². The van der Waals surface area contributed by atoms with E-state index in [2.05, 4.69) is 28.9 Å². The Balaban J connectivity index is 1.51. The van der Waals surface area contributed by atoms with Crippen LogP contribution in [0.2, 0.25) is 0 Å². The fourth-order valence-electron chi connectivity index (χ4n) is 3.70. The van der Waals surface area contributed by atoms with Gasteiger partial charge in [-0.2, -0.15) is 0 Å². The molecule has 1 aliphatic carbocycles. The fraction of sp³-hybridized carbons (Fsp3) is 0.765. The molecule has 0 spiro atoms. The van der Waals surface area contributed by atoms with E-state index in [-0.39, 0.29) is 0 Å². The summed E-state index contributed by atoms with van der Waals surface area (Å²) in [7, 11) is 0. The Labute approximate surface area is 127 Å². The topological polar surface area (TPSA) is 6.48 Å². The molecule has 0 radical (unpaired) electrons. The van der Waals surface area contributed by atoms with Crippen molar-refractivity contribution >= 4 is 11.3 Å². The SMILES string of the molecule is CCc1ccc(CN2CCCN(C3CCCC3)CC2)s1. The number of nitrogens with zero attached hydrogens (tertiary/aromatic N) is 2. The molecule has 0 amide bonds. The van der Waals surface area contributed by atoms with E-state index in [9.17, 15) is 0 Å². The molecule has 2 nitrogen and oxygen atoms in total. The average molecular weight is 292 g/mol. The van der Waals surface area contributed by atoms with Crippen LogP contribution in [0.15, 0.2) is 12.1 Å². The predicted molar refractivity (Wildman–Crippen MR) is 87.4 cm³/mol. The van der Waals surface area contributed by atoms with E-state index >= 15 is 0 Å². The number of hydrogen-bond acceptors (Lipinski definition) is 3. The molecule has 20 heavy (non-hydrogen) atoms. The smallest absolute Gasteiger partial charge is 0.0328 e. The number of thiophene rings is 1. The van der Waals surface area contributed by atoms with Crippen molar-refractivity contribution in [3.63, 3.8) is 0 Å². The molecule has 0 unspecified atom stereocenters. The van der Waals surface area contributed by atoms with Gasteiger partial charge in [-0.05, 0) is 50.9 Å². The van der Waals surface area contributed by atoms with Crippen LogP contribution in [0.3, 0.4) is 0 Å². The van der Waals surface area contributed by atoms with Gasteiger partial charge >= 0.3 is 0 Å². The Morgan fingerprint density at radius 3 is 2.55 bits per heavy atom. The summed E-state index contributed by atoms with van der Waals surface area (Å²) in [5, 5.41) is 0. The van der Waals surface area contributed by atoms with Gasteiger partial charge in [0.1, 0.15) is 0 Å². The lowest BCUT2D eigenvalue weighted by Crippen LogP contribution is -2.36. The van der Waals surface area contributed by atoms with E-state index in [1.807, 2.05) is 11.3 Å². The molecule has 1 aromatic heterocycles. The Morgan fingerprint density at radius 1 is 1.00 bits per heavy atom.